The van der Waals surface area contributed by atoms with Crippen molar-refractivity contribution in [3.63, 3.8) is 0 Å². The SMILES string of the molecule is Cc1nc2c(C(=O)NCc3ccc(F)c(Cl)c3)cccn2c1C(=O)OC(C)(C)C. The lowest BCUT2D eigenvalue weighted by molar-refractivity contribution is 0.00606. The highest BCUT2D eigenvalue weighted by Crippen LogP contribution is 2.20. The number of aryl methyl sites for hydroxylation is 1. The molecule has 0 fully saturated rings. The van der Waals surface area contributed by atoms with Gasteiger partial charge in [0, 0.05) is 12.7 Å². The fourth-order valence-electron chi connectivity index (χ4n) is 2.86. The van der Waals surface area contributed by atoms with E-state index in [1.165, 1.54) is 12.1 Å². The van der Waals surface area contributed by atoms with Gasteiger partial charge in [-0.1, -0.05) is 17.7 Å². The van der Waals surface area contributed by atoms with Crippen LogP contribution in [0.5, 0.6) is 0 Å². The average molecular weight is 418 g/mol. The van der Waals surface area contributed by atoms with Crippen molar-refractivity contribution in [1.82, 2.24) is 14.7 Å². The zero-order valence-corrected chi connectivity index (χ0v) is 17.3. The van der Waals surface area contributed by atoms with E-state index >= 15 is 0 Å². The van der Waals surface area contributed by atoms with E-state index in [9.17, 15) is 14.0 Å². The van der Waals surface area contributed by atoms with E-state index in [4.69, 9.17) is 16.3 Å². The molecule has 0 atom stereocenters. The van der Waals surface area contributed by atoms with E-state index in [2.05, 4.69) is 10.3 Å². The number of halogens is 2. The van der Waals surface area contributed by atoms with Crippen LogP contribution < -0.4 is 5.32 Å². The maximum Gasteiger partial charge on any atom is 0.357 e. The molecule has 1 aromatic carbocycles. The summed E-state index contributed by atoms with van der Waals surface area (Å²) in [5.41, 5.74) is 1.39. The Hall–Kier alpha value is -2.93. The van der Waals surface area contributed by atoms with Crippen LogP contribution in [0.25, 0.3) is 5.65 Å². The van der Waals surface area contributed by atoms with E-state index in [1.54, 1.807) is 56.5 Å². The summed E-state index contributed by atoms with van der Waals surface area (Å²) in [5.74, 6) is -1.41. The zero-order valence-electron chi connectivity index (χ0n) is 16.5. The van der Waals surface area contributed by atoms with Gasteiger partial charge >= 0.3 is 5.97 Å². The number of esters is 1. The van der Waals surface area contributed by atoms with Crippen LogP contribution in [-0.2, 0) is 11.3 Å². The molecule has 1 amide bonds. The molecule has 6 nitrogen and oxygen atoms in total. The van der Waals surface area contributed by atoms with Gasteiger partial charge in [0.1, 0.15) is 11.4 Å². The molecule has 0 aliphatic carbocycles. The van der Waals surface area contributed by atoms with E-state index < -0.39 is 17.4 Å². The molecule has 0 saturated carbocycles. The van der Waals surface area contributed by atoms with Crippen molar-refractivity contribution in [2.24, 2.45) is 0 Å². The molecule has 2 heterocycles. The van der Waals surface area contributed by atoms with Gasteiger partial charge in [-0.25, -0.2) is 14.2 Å². The standard InChI is InChI=1S/C21H21ClFN3O3/c1-12-17(20(28)29-21(2,3)4)26-9-5-6-14(18(26)25-12)19(27)24-11-13-7-8-16(23)15(22)10-13/h5-10H,11H2,1-4H3,(H,24,27). The topological polar surface area (TPSA) is 72.7 Å². The molecule has 0 aliphatic rings. The lowest BCUT2D eigenvalue weighted by Gasteiger charge is -2.19. The number of ether oxygens (including phenoxy) is 1. The van der Waals surface area contributed by atoms with E-state index in [-0.39, 0.29) is 23.2 Å². The van der Waals surface area contributed by atoms with Crippen LogP contribution in [0, 0.1) is 12.7 Å². The minimum Gasteiger partial charge on any atom is -0.455 e. The third-order valence-corrected chi connectivity index (χ3v) is 4.39. The Kier molecular flexibility index (Phi) is 5.61. The lowest BCUT2D eigenvalue weighted by Crippen LogP contribution is -2.25. The van der Waals surface area contributed by atoms with Crippen molar-refractivity contribution >= 4 is 29.1 Å². The van der Waals surface area contributed by atoms with E-state index in [1.807, 2.05) is 0 Å². The normalized spacial score (nSPS) is 11.5. The fourth-order valence-corrected chi connectivity index (χ4v) is 3.06. The molecule has 2 aromatic heterocycles. The first-order valence-electron chi connectivity index (χ1n) is 9.00. The number of aromatic nitrogens is 2. The van der Waals surface area contributed by atoms with Crippen molar-refractivity contribution in [3.05, 3.63) is 69.9 Å². The summed E-state index contributed by atoms with van der Waals surface area (Å²) in [5, 5.41) is 2.75. The number of pyridine rings is 1. The van der Waals surface area contributed by atoms with Crippen LogP contribution in [0.4, 0.5) is 4.39 Å². The third-order valence-electron chi connectivity index (χ3n) is 4.10. The van der Waals surface area contributed by atoms with Crippen molar-refractivity contribution in [2.75, 3.05) is 0 Å². The summed E-state index contributed by atoms with van der Waals surface area (Å²) < 4.78 is 20.3. The van der Waals surface area contributed by atoms with Crippen LogP contribution in [0.2, 0.25) is 5.02 Å². The molecule has 0 aliphatic heterocycles. The Morgan fingerprint density at radius 2 is 2.00 bits per heavy atom. The molecule has 152 valence electrons. The molecule has 1 N–H and O–H groups in total. The Morgan fingerprint density at radius 1 is 1.28 bits per heavy atom. The summed E-state index contributed by atoms with van der Waals surface area (Å²) in [6, 6.07) is 7.52. The van der Waals surface area contributed by atoms with E-state index in [0.717, 1.165) is 0 Å². The minimum absolute atomic E-state index is 0.00950. The number of carbonyl (C=O) groups excluding carboxylic acids is 2. The smallest absolute Gasteiger partial charge is 0.357 e. The second-order valence-corrected chi connectivity index (χ2v) is 8.00. The Bertz CT molecular complexity index is 1100. The number of rotatable bonds is 4. The number of benzene rings is 1. The average Bonchev–Trinajstić information content (AvgIpc) is 2.96. The molecule has 0 saturated heterocycles. The Labute approximate surface area is 172 Å². The van der Waals surface area contributed by atoms with Crippen molar-refractivity contribution in [1.29, 1.82) is 0 Å². The zero-order chi connectivity index (χ0) is 21.3. The van der Waals surface area contributed by atoms with Crippen molar-refractivity contribution in [3.8, 4) is 0 Å². The predicted octanol–water partition coefficient (Wildman–Crippen LogP) is 4.32. The summed E-state index contributed by atoms with van der Waals surface area (Å²) in [6.45, 7) is 7.20. The van der Waals surface area contributed by atoms with Crippen LogP contribution in [0.1, 0.15) is 52.9 Å². The third kappa shape index (κ3) is 4.56. The Balaban J connectivity index is 1.88. The number of hydrogen-bond acceptors (Lipinski definition) is 4. The van der Waals surface area contributed by atoms with Crippen LogP contribution in [0.3, 0.4) is 0 Å². The van der Waals surface area contributed by atoms with Gasteiger partial charge in [0.25, 0.3) is 5.91 Å². The molecular formula is C21H21ClFN3O3. The maximum absolute atomic E-state index is 13.3. The first-order chi connectivity index (χ1) is 13.6. The van der Waals surface area contributed by atoms with Gasteiger partial charge in [0.15, 0.2) is 11.3 Å². The summed E-state index contributed by atoms with van der Waals surface area (Å²) in [7, 11) is 0. The molecule has 0 bridgehead atoms. The molecule has 3 aromatic rings. The predicted molar refractivity (Wildman–Crippen MR) is 108 cm³/mol. The lowest BCUT2D eigenvalue weighted by atomic mass is 10.2. The summed E-state index contributed by atoms with van der Waals surface area (Å²) >= 11 is 5.77. The van der Waals surface area contributed by atoms with Gasteiger partial charge in [-0.3, -0.25) is 9.20 Å². The second-order valence-electron chi connectivity index (χ2n) is 7.59. The van der Waals surface area contributed by atoms with Crippen molar-refractivity contribution in [2.45, 2.75) is 39.8 Å². The Morgan fingerprint density at radius 3 is 2.66 bits per heavy atom. The molecule has 0 spiro atoms. The number of carbonyl (C=O) groups is 2. The minimum atomic E-state index is -0.654. The number of nitrogens with zero attached hydrogens (tertiary/aromatic N) is 2. The van der Waals surface area contributed by atoms with Crippen LogP contribution >= 0.6 is 11.6 Å². The first kappa shape index (κ1) is 20.8. The van der Waals surface area contributed by atoms with Gasteiger partial charge < -0.3 is 10.1 Å². The number of hydrogen-bond donors (Lipinski definition) is 1. The van der Waals surface area contributed by atoms with Crippen LogP contribution in [0.15, 0.2) is 36.5 Å². The molecular weight excluding hydrogens is 397 g/mol. The molecule has 0 radical (unpaired) electrons. The molecule has 8 heteroatoms. The number of nitrogens with one attached hydrogen (secondary N) is 1. The van der Waals surface area contributed by atoms with Crippen LogP contribution in [-0.4, -0.2) is 26.9 Å². The highest BCUT2D eigenvalue weighted by molar-refractivity contribution is 6.30. The monoisotopic (exact) mass is 417 g/mol. The van der Waals surface area contributed by atoms with Gasteiger partial charge in [-0.15, -0.1) is 0 Å². The summed E-state index contributed by atoms with van der Waals surface area (Å²) in [6.07, 6.45) is 1.66. The molecule has 3 rings (SSSR count). The molecule has 29 heavy (non-hydrogen) atoms. The fraction of sp³-hybridized carbons (Fsp3) is 0.286. The highest BCUT2D eigenvalue weighted by atomic mass is 35.5. The highest BCUT2D eigenvalue weighted by Gasteiger charge is 2.25. The second kappa shape index (κ2) is 7.83. The van der Waals surface area contributed by atoms with Gasteiger partial charge in [0.2, 0.25) is 0 Å². The van der Waals surface area contributed by atoms with Gasteiger partial charge in [-0.05, 0) is 57.5 Å². The van der Waals surface area contributed by atoms with Gasteiger partial charge in [-0.2, -0.15) is 0 Å². The quantitative estimate of drug-likeness (QED) is 0.641. The van der Waals surface area contributed by atoms with Gasteiger partial charge in [0.05, 0.1) is 16.3 Å². The maximum atomic E-state index is 13.3. The van der Waals surface area contributed by atoms with Crippen molar-refractivity contribution < 1.29 is 18.7 Å². The number of fused-ring (bicyclic) bond motifs is 1. The first-order valence-corrected chi connectivity index (χ1v) is 9.38. The molecule has 0 unspecified atom stereocenters. The number of amides is 1. The summed E-state index contributed by atoms with van der Waals surface area (Å²) in [4.78, 5) is 29.7. The largest absolute Gasteiger partial charge is 0.455 e. The number of imidazole rings is 1. The van der Waals surface area contributed by atoms with E-state index in [0.29, 0.717) is 22.5 Å².